The molecule has 0 atom stereocenters. The van der Waals surface area contributed by atoms with Gasteiger partial charge in [0.1, 0.15) is 5.75 Å². The summed E-state index contributed by atoms with van der Waals surface area (Å²) in [5, 5.41) is 0. The van der Waals surface area contributed by atoms with Crippen molar-refractivity contribution < 1.29 is 23.8 Å². The number of cyclic esters (lactones) is 1. The largest absolute Gasteiger partial charge is 0.493 e. The number of benzene rings is 2. The summed E-state index contributed by atoms with van der Waals surface area (Å²) < 4.78 is 15.5. The number of hydrogen-bond donors (Lipinski definition) is 0. The summed E-state index contributed by atoms with van der Waals surface area (Å²) in [6.45, 7) is 2.37. The first kappa shape index (κ1) is 17.4. The Hall–Kier alpha value is -3.41. The maximum Gasteiger partial charge on any atom is 0.363 e. The molecule has 0 N–H and O–H groups in total. The quantitative estimate of drug-likeness (QED) is 0.611. The highest BCUT2D eigenvalue weighted by Crippen LogP contribution is 2.25. The average Bonchev–Trinajstić information content (AvgIpc) is 3.03. The molecule has 1 aliphatic rings. The van der Waals surface area contributed by atoms with Crippen LogP contribution in [-0.2, 0) is 14.3 Å². The molecule has 132 valence electrons. The topological polar surface area (TPSA) is 74.2 Å². The van der Waals surface area contributed by atoms with Crippen LogP contribution in [0.15, 0.2) is 59.2 Å². The van der Waals surface area contributed by atoms with E-state index in [1.807, 2.05) is 19.1 Å². The summed E-state index contributed by atoms with van der Waals surface area (Å²) in [5.74, 6) is -0.151. The van der Waals surface area contributed by atoms with Gasteiger partial charge >= 0.3 is 11.9 Å². The van der Waals surface area contributed by atoms with Crippen molar-refractivity contribution in [2.75, 3.05) is 13.7 Å². The molecule has 0 spiro atoms. The van der Waals surface area contributed by atoms with Crippen molar-refractivity contribution in [1.29, 1.82) is 0 Å². The Bertz CT molecular complexity index is 897. The number of ether oxygens (including phenoxy) is 3. The standard InChI is InChI=1S/C20H17NO5/c1-3-25-17-7-5-4-6-15(17)18-21-16(20(23)26-18)12-13-8-10-14(11-9-13)19(22)24-2/h4-12H,3H2,1-2H3/b16-12+. The fourth-order valence-corrected chi connectivity index (χ4v) is 2.44. The van der Waals surface area contributed by atoms with Gasteiger partial charge in [0, 0.05) is 0 Å². The molecule has 0 aromatic heterocycles. The molecule has 0 radical (unpaired) electrons. The van der Waals surface area contributed by atoms with Crippen LogP contribution in [0.5, 0.6) is 5.75 Å². The van der Waals surface area contributed by atoms with Crippen LogP contribution in [0.2, 0.25) is 0 Å². The third-order valence-electron chi connectivity index (χ3n) is 3.67. The van der Waals surface area contributed by atoms with Crippen molar-refractivity contribution >= 4 is 23.9 Å². The molecule has 0 unspecified atom stereocenters. The number of carbonyl (C=O) groups is 2. The summed E-state index contributed by atoms with van der Waals surface area (Å²) in [4.78, 5) is 27.9. The maximum absolute atomic E-state index is 12.1. The smallest absolute Gasteiger partial charge is 0.363 e. The van der Waals surface area contributed by atoms with E-state index >= 15 is 0 Å². The van der Waals surface area contributed by atoms with Crippen LogP contribution in [-0.4, -0.2) is 31.6 Å². The lowest BCUT2D eigenvalue weighted by molar-refractivity contribution is -0.129. The molecule has 0 saturated carbocycles. The number of nitrogens with zero attached hydrogens (tertiary/aromatic N) is 1. The first-order valence-electron chi connectivity index (χ1n) is 8.05. The SMILES string of the molecule is CCOc1ccccc1C1=N/C(=C/c2ccc(C(=O)OC)cc2)C(=O)O1. The maximum atomic E-state index is 12.1. The highest BCUT2D eigenvalue weighted by atomic mass is 16.6. The number of esters is 2. The van der Waals surface area contributed by atoms with E-state index in [1.165, 1.54) is 7.11 Å². The minimum absolute atomic E-state index is 0.178. The minimum atomic E-state index is -0.539. The zero-order valence-corrected chi connectivity index (χ0v) is 14.4. The molecule has 3 rings (SSSR count). The summed E-state index contributed by atoms with van der Waals surface area (Å²) in [6.07, 6.45) is 1.60. The fourth-order valence-electron chi connectivity index (χ4n) is 2.44. The Kier molecular flexibility index (Phi) is 5.12. The number of para-hydroxylation sites is 1. The van der Waals surface area contributed by atoms with Crippen LogP contribution in [0.3, 0.4) is 0 Å². The second-order valence-corrected chi connectivity index (χ2v) is 5.38. The predicted octanol–water partition coefficient (Wildman–Crippen LogP) is 3.22. The van der Waals surface area contributed by atoms with E-state index in [0.717, 1.165) is 0 Å². The number of aliphatic imine (C=N–C) groups is 1. The van der Waals surface area contributed by atoms with Crippen molar-refractivity contribution in [3.63, 3.8) is 0 Å². The van der Waals surface area contributed by atoms with Gasteiger partial charge in [-0.15, -0.1) is 0 Å². The van der Waals surface area contributed by atoms with Gasteiger partial charge in [0.25, 0.3) is 0 Å². The van der Waals surface area contributed by atoms with Crippen LogP contribution in [0.25, 0.3) is 6.08 Å². The van der Waals surface area contributed by atoms with Gasteiger partial charge in [0.2, 0.25) is 5.90 Å². The predicted molar refractivity (Wildman–Crippen MR) is 96.0 cm³/mol. The molecule has 1 aliphatic heterocycles. The molecule has 6 nitrogen and oxygen atoms in total. The molecular weight excluding hydrogens is 334 g/mol. The van der Waals surface area contributed by atoms with Crippen LogP contribution in [0.1, 0.15) is 28.4 Å². The summed E-state index contributed by atoms with van der Waals surface area (Å²) in [5.41, 5.74) is 1.94. The van der Waals surface area contributed by atoms with E-state index in [-0.39, 0.29) is 11.6 Å². The highest BCUT2D eigenvalue weighted by Gasteiger charge is 2.26. The fraction of sp³-hybridized carbons (Fsp3) is 0.150. The number of carbonyl (C=O) groups excluding carboxylic acids is 2. The number of rotatable bonds is 5. The van der Waals surface area contributed by atoms with Gasteiger partial charge in [-0.3, -0.25) is 0 Å². The monoisotopic (exact) mass is 351 g/mol. The van der Waals surface area contributed by atoms with E-state index in [1.54, 1.807) is 42.5 Å². The first-order chi connectivity index (χ1) is 12.6. The van der Waals surface area contributed by atoms with E-state index in [2.05, 4.69) is 9.73 Å². The molecule has 0 saturated heterocycles. The van der Waals surface area contributed by atoms with Crippen LogP contribution >= 0.6 is 0 Å². The second-order valence-electron chi connectivity index (χ2n) is 5.38. The Morgan fingerprint density at radius 3 is 2.58 bits per heavy atom. The zero-order chi connectivity index (χ0) is 18.5. The Balaban J connectivity index is 1.88. The van der Waals surface area contributed by atoms with Crippen molar-refractivity contribution in [3.05, 3.63) is 70.9 Å². The Morgan fingerprint density at radius 2 is 1.88 bits per heavy atom. The van der Waals surface area contributed by atoms with Gasteiger partial charge < -0.3 is 14.2 Å². The van der Waals surface area contributed by atoms with Crippen molar-refractivity contribution in [1.82, 2.24) is 0 Å². The van der Waals surface area contributed by atoms with E-state index < -0.39 is 11.9 Å². The summed E-state index contributed by atoms with van der Waals surface area (Å²) >= 11 is 0. The van der Waals surface area contributed by atoms with E-state index in [0.29, 0.717) is 29.0 Å². The molecule has 0 fully saturated rings. The van der Waals surface area contributed by atoms with Gasteiger partial charge in [-0.25, -0.2) is 14.6 Å². The van der Waals surface area contributed by atoms with Crippen LogP contribution in [0, 0.1) is 0 Å². The van der Waals surface area contributed by atoms with Gasteiger partial charge in [-0.1, -0.05) is 24.3 Å². The number of methoxy groups -OCH3 is 1. The Labute approximate surface area is 150 Å². The second kappa shape index (κ2) is 7.65. The normalized spacial score (nSPS) is 14.8. The van der Waals surface area contributed by atoms with Gasteiger partial charge in [-0.2, -0.15) is 0 Å². The number of hydrogen-bond acceptors (Lipinski definition) is 6. The van der Waals surface area contributed by atoms with Crippen molar-refractivity contribution in [3.8, 4) is 5.75 Å². The van der Waals surface area contributed by atoms with Crippen LogP contribution < -0.4 is 4.74 Å². The van der Waals surface area contributed by atoms with E-state index in [4.69, 9.17) is 9.47 Å². The summed E-state index contributed by atoms with van der Waals surface area (Å²) in [7, 11) is 1.32. The first-order valence-corrected chi connectivity index (χ1v) is 8.05. The minimum Gasteiger partial charge on any atom is -0.493 e. The molecule has 0 aliphatic carbocycles. The van der Waals surface area contributed by atoms with Crippen molar-refractivity contribution in [2.24, 2.45) is 4.99 Å². The molecule has 26 heavy (non-hydrogen) atoms. The average molecular weight is 351 g/mol. The van der Waals surface area contributed by atoms with Gasteiger partial charge in [-0.05, 0) is 42.8 Å². The molecule has 2 aromatic carbocycles. The van der Waals surface area contributed by atoms with Crippen molar-refractivity contribution in [2.45, 2.75) is 6.92 Å². The third-order valence-corrected chi connectivity index (χ3v) is 3.67. The van der Waals surface area contributed by atoms with Gasteiger partial charge in [0.05, 0.1) is 24.8 Å². The molecule has 0 amide bonds. The molecule has 2 aromatic rings. The van der Waals surface area contributed by atoms with Gasteiger partial charge in [0.15, 0.2) is 5.70 Å². The summed E-state index contributed by atoms with van der Waals surface area (Å²) in [6, 6.07) is 13.9. The lowest BCUT2D eigenvalue weighted by Crippen LogP contribution is -2.07. The highest BCUT2D eigenvalue weighted by molar-refractivity contribution is 6.13. The lowest BCUT2D eigenvalue weighted by atomic mass is 10.1. The Morgan fingerprint density at radius 1 is 1.15 bits per heavy atom. The van der Waals surface area contributed by atoms with E-state index in [9.17, 15) is 9.59 Å². The van der Waals surface area contributed by atoms with Crippen LogP contribution in [0.4, 0.5) is 0 Å². The molecule has 6 heteroatoms. The lowest BCUT2D eigenvalue weighted by Gasteiger charge is -2.08. The molecule has 1 heterocycles. The molecular formula is C20H17NO5. The zero-order valence-electron chi connectivity index (χ0n) is 14.4. The molecule has 0 bridgehead atoms. The third kappa shape index (κ3) is 3.64.